The summed E-state index contributed by atoms with van der Waals surface area (Å²) in [4.78, 5) is 28.4. The van der Waals surface area contributed by atoms with Crippen LogP contribution in [0.4, 0.5) is 5.82 Å². The van der Waals surface area contributed by atoms with Crippen molar-refractivity contribution in [3.63, 3.8) is 0 Å². The SMILES string of the molecule is COc1nccnc1N1CCC(N2CCC[C@@H](C(=O)N3CCOCC3)C2)CC1. The monoisotopic (exact) mass is 389 g/mol. The summed E-state index contributed by atoms with van der Waals surface area (Å²) in [6.45, 7) is 6.72. The van der Waals surface area contributed by atoms with E-state index in [1.165, 1.54) is 0 Å². The van der Waals surface area contributed by atoms with Gasteiger partial charge in [0.05, 0.1) is 26.2 Å². The summed E-state index contributed by atoms with van der Waals surface area (Å²) < 4.78 is 10.8. The Hall–Kier alpha value is -1.93. The van der Waals surface area contributed by atoms with Crippen molar-refractivity contribution in [1.29, 1.82) is 0 Å². The number of piperidine rings is 2. The van der Waals surface area contributed by atoms with Gasteiger partial charge in [0, 0.05) is 51.2 Å². The van der Waals surface area contributed by atoms with Crippen LogP contribution in [0.25, 0.3) is 0 Å². The number of hydrogen-bond acceptors (Lipinski definition) is 7. The van der Waals surface area contributed by atoms with Gasteiger partial charge in [-0.2, -0.15) is 0 Å². The van der Waals surface area contributed by atoms with Crippen LogP contribution in [-0.4, -0.2) is 91.3 Å². The van der Waals surface area contributed by atoms with Crippen LogP contribution in [0.15, 0.2) is 12.4 Å². The van der Waals surface area contributed by atoms with E-state index in [4.69, 9.17) is 9.47 Å². The molecule has 0 aliphatic carbocycles. The summed E-state index contributed by atoms with van der Waals surface area (Å²) in [5.74, 6) is 1.90. The van der Waals surface area contributed by atoms with Crippen molar-refractivity contribution < 1.29 is 14.3 Å². The number of ether oxygens (including phenoxy) is 2. The highest BCUT2D eigenvalue weighted by Crippen LogP contribution is 2.29. The lowest BCUT2D eigenvalue weighted by Crippen LogP contribution is -2.52. The Bertz CT molecular complexity index is 659. The molecule has 8 nitrogen and oxygen atoms in total. The van der Waals surface area contributed by atoms with Crippen molar-refractivity contribution in [3.8, 4) is 5.88 Å². The Morgan fingerprint density at radius 3 is 2.57 bits per heavy atom. The van der Waals surface area contributed by atoms with E-state index < -0.39 is 0 Å². The smallest absolute Gasteiger partial charge is 0.257 e. The zero-order chi connectivity index (χ0) is 19.3. The molecule has 154 valence electrons. The third-order valence-corrected chi connectivity index (χ3v) is 6.25. The van der Waals surface area contributed by atoms with Gasteiger partial charge in [-0.1, -0.05) is 0 Å². The van der Waals surface area contributed by atoms with Gasteiger partial charge < -0.3 is 19.3 Å². The molecule has 3 saturated heterocycles. The first kappa shape index (κ1) is 19.4. The molecule has 0 saturated carbocycles. The second kappa shape index (κ2) is 9.05. The molecule has 0 N–H and O–H groups in total. The molecule has 3 aliphatic rings. The minimum Gasteiger partial charge on any atom is -0.478 e. The van der Waals surface area contributed by atoms with Crippen LogP contribution in [-0.2, 0) is 9.53 Å². The fraction of sp³-hybridized carbons (Fsp3) is 0.750. The number of carbonyl (C=O) groups is 1. The van der Waals surface area contributed by atoms with Gasteiger partial charge in [-0.15, -0.1) is 0 Å². The molecule has 8 heteroatoms. The third-order valence-electron chi connectivity index (χ3n) is 6.25. The van der Waals surface area contributed by atoms with Crippen molar-refractivity contribution in [2.45, 2.75) is 31.7 Å². The molecule has 1 aromatic rings. The third kappa shape index (κ3) is 4.22. The molecule has 0 unspecified atom stereocenters. The first-order valence-corrected chi connectivity index (χ1v) is 10.5. The molecule has 0 radical (unpaired) electrons. The van der Waals surface area contributed by atoms with Crippen LogP contribution in [0.2, 0.25) is 0 Å². The minimum absolute atomic E-state index is 0.143. The summed E-state index contributed by atoms with van der Waals surface area (Å²) in [6, 6.07) is 0.541. The van der Waals surface area contributed by atoms with E-state index >= 15 is 0 Å². The van der Waals surface area contributed by atoms with E-state index in [0.29, 0.717) is 31.0 Å². The predicted octanol–water partition coefficient (Wildman–Crippen LogP) is 1.02. The maximum Gasteiger partial charge on any atom is 0.257 e. The largest absolute Gasteiger partial charge is 0.478 e. The zero-order valence-corrected chi connectivity index (χ0v) is 16.8. The number of aromatic nitrogens is 2. The molecule has 4 rings (SSSR count). The first-order chi connectivity index (χ1) is 13.8. The molecule has 28 heavy (non-hydrogen) atoms. The number of methoxy groups -OCH3 is 1. The number of rotatable bonds is 4. The summed E-state index contributed by atoms with van der Waals surface area (Å²) in [5.41, 5.74) is 0. The average Bonchev–Trinajstić information content (AvgIpc) is 2.79. The minimum atomic E-state index is 0.143. The second-order valence-electron chi connectivity index (χ2n) is 7.88. The van der Waals surface area contributed by atoms with Crippen molar-refractivity contribution in [3.05, 3.63) is 12.4 Å². The van der Waals surface area contributed by atoms with Crippen LogP contribution >= 0.6 is 0 Å². The number of morpholine rings is 1. The second-order valence-corrected chi connectivity index (χ2v) is 7.88. The van der Waals surface area contributed by atoms with Gasteiger partial charge >= 0.3 is 0 Å². The molecule has 0 spiro atoms. The molecule has 3 fully saturated rings. The normalized spacial score (nSPS) is 25.0. The van der Waals surface area contributed by atoms with E-state index in [1.54, 1.807) is 19.5 Å². The van der Waals surface area contributed by atoms with Crippen molar-refractivity contribution in [2.75, 3.05) is 64.5 Å². The lowest BCUT2D eigenvalue weighted by atomic mass is 9.92. The molecular weight excluding hydrogens is 358 g/mol. The molecule has 3 aliphatic heterocycles. The van der Waals surface area contributed by atoms with Gasteiger partial charge in [0.1, 0.15) is 0 Å². The van der Waals surface area contributed by atoms with E-state index in [-0.39, 0.29) is 5.92 Å². The summed E-state index contributed by atoms with van der Waals surface area (Å²) in [5, 5.41) is 0. The van der Waals surface area contributed by atoms with Gasteiger partial charge in [0.2, 0.25) is 5.91 Å². The first-order valence-electron chi connectivity index (χ1n) is 10.5. The Morgan fingerprint density at radius 1 is 1.07 bits per heavy atom. The molecule has 1 atom stereocenters. The number of hydrogen-bond donors (Lipinski definition) is 0. The number of carbonyl (C=O) groups excluding carboxylic acids is 1. The fourth-order valence-corrected chi connectivity index (χ4v) is 4.70. The van der Waals surface area contributed by atoms with Crippen molar-refractivity contribution in [2.24, 2.45) is 5.92 Å². The number of anilines is 1. The lowest BCUT2D eigenvalue weighted by molar-refractivity contribution is -0.141. The molecule has 0 aromatic carbocycles. The highest BCUT2D eigenvalue weighted by molar-refractivity contribution is 5.79. The number of likely N-dealkylation sites (tertiary alicyclic amines) is 1. The molecule has 1 amide bonds. The van der Waals surface area contributed by atoms with Crippen LogP contribution in [0.1, 0.15) is 25.7 Å². The van der Waals surface area contributed by atoms with E-state index in [1.807, 2.05) is 4.90 Å². The fourth-order valence-electron chi connectivity index (χ4n) is 4.70. The molecule has 1 aromatic heterocycles. The number of amides is 1. The maximum absolute atomic E-state index is 12.9. The quantitative estimate of drug-likeness (QED) is 0.761. The van der Waals surface area contributed by atoms with Gasteiger partial charge in [-0.25, -0.2) is 9.97 Å². The van der Waals surface area contributed by atoms with Gasteiger partial charge in [-0.3, -0.25) is 9.69 Å². The Balaban J connectivity index is 1.32. The lowest BCUT2D eigenvalue weighted by Gasteiger charge is -2.43. The highest BCUT2D eigenvalue weighted by atomic mass is 16.5. The molecule has 0 bridgehead atoms. The Kier molecular flexibility index (Phi) is 6.26. The Morgan fingerprint density at radius 2 is 1.82 bits per heavy atom. The summed E-state index contributed by atoms with van der Waals surface area (Å²) >= 11 is 0. The van der Waals surface area contributed by atoms with E-state index in [9.17, 15) is 4.79 Å². The molecule has 4 heterocycles. The van der Waals surface area contributed by atoms with Crippen molar-refractivity contribution >= 4 is 11.7 Å². The van der Waals surface area contributed by atoms with Crippen LogP contribution in [0.5, 0.6) is 5.88 Å². The van der Waals surface area contributed by atoms with E-state index in [2.05, 4.69) is 19.8 Å². The van der Waals surface area contributed by atoms with Gasteiger partial charge in [0.25, 0.3) is 5.88 Å². The van der Waals surface area contributed by atoms with Crippen LogP contribution < -0.4 is 9.64 Å². The van der Waals surface area contributed by atoms with Gasteiger partial charge in [0.15, 0.2) is 5.82 Å². The average molecular weight is 390 g/mol. The standard InChI is InChI=1S/C20H31N5O3/c1-27-19-18(21-6-7-22-19)23-9-4-17(5-10-23)25-8-2-3-16(15-25)20(26)24-11-13-28-14-12-24/h6-7,16-17H,2-5,8-15H2,1H3/t16-/m1/s1. The maximum atomic E-state index is 12.9. The molecular formula is C20H31N5O3. The summed E-state index contributed by atoms with van der Waals surface area (Å²) in [6.07, 6.45) is 7.67. The predicted molar refractivity (Wildman–Crippen MR) is 106 cm³/mol. The van der Waals surface area contributed by atoms with Crippen LogP contribution in [0, 0.1) is 5.92 Å². The van der Waals surface area contributed by atoms with Crippen LogP contribution in [0.3, 0.4) is 0 Å². The van der Waals surface area contributed by atoms with E-state index in [0.717, 1.165) is 70.8 Å². The van der Waals surface area contributed by atoms with Gasteiger partial charge in [-0.05, 0) is 32.2 Å². The number of nitrogens with zero attached hydrogens (tertiary/aromatic N) is 5. The zero-order valence-electron chi connectivity index (χ0n) is 16.8. The van der Waals surface area contributed by atoms with Crippen molar-refractivity contribution in [1.82, 2.24) is 19.8 Å². The Labute approximate surface area is 166 Å². The topological polar surface area (TPSA) is 71.0 Å². The summed E-state index contributed by atoms with van der Waals surface area (Å²) in [7, 11) is 1.64. The highest BCUT2D eigenvalue weighted by Gasteiger charge is 2.34.